The number of carbonyl (C=O) groups excluding carboxylic acids is 2. The number of amides is 2. The van der Waals surface area contributed by atoms with E-state index >= 15 is 0 Å². The van der Waals surface area contributed by atoms with E-state index in [0.29, 0.717) is 30.2 Å². The molecule has 0 radical (unpaired) electrons. The molecule has 1 unspecified atom stereocenters. The summed E-state index contributed by atoms with van der Waals surface area (Å²) in [5.74, 6) is -0.442. The van der Waals surface area contributed by atoms with Gasteiger partial charge in [0.2, 0.25) is 21.8 Å². The first-order valence-electron chi connectivity index (χ1n) is 10.9. The Morgan fingerprint density at radius 2 is 1.79 bits per heavy atom. The van der Waals surface area contributed by atoms with Crippen molar-refractivity contribution >= 4 is 39.1 Å². The zero-order valence-corrected chi connectivity index (χ0v) is 21.1. The SMILES string of the molecule is CCNC(=O)C(C)N(Cc1ccccc1)C(=O)CCCN(c1cc(Cl)ccc1C)S(C)(=O)=O. The number of sulfonamides is 1. The van der Waals surface area contributed by atoms with Gasteiger partial charge < -0.3 is 10.2 Å². The maximum Gasteiger partial charge on any atom is 0.242 e. The van der Waals surface area contributed by atoms with Crippen LogP contribution >= 0.6 is 11.6 Å². The molecule has 0 aliphatic heterocycles. The highest BCUT2D eigenvalue weighted by molar-refractivity contribution is 7.92. The van der Waals surface area contributed by atoms with Crippen molar-refractivity contribution in [2.75, 3.05) is 23.7 Å². The van der Waals surface area contributed by atoms with Gasteiger partial charge in [-0.3, -0.25) is 13.9 Å². The Morgan fingerprint density at radius 1 is 1.12 bits per heavy atom. The van der Waals surface area contributed by atoms with Gasteiger partial charge in [-0.2, -0.15) is 0 Å². The van der Waals surface area contributed by atoms with Crippen LogP contribution in [0.15, 0.2) is 48.5 Å². The summed E-state index contributed by atoms with van der Waals surface area (Å²) in [6, 6.07) is 13.9. The first kappa shape index (κ1) is 26.7. The van der Waals surface area contributed by atoms with E-state index in [1.165, 1.54) is 9.21 Å². The fourth-order valence-corrected chi connectivity index (χ4v) is 4.70. The molecular weight excluding hydrogens is 462 g/mol. The Balaban J connectivity index is 2.16. The van der Waals surface area contributed by atoms with Gasteiger partial charge in [-0.1, -0.05) is 48.0 Å². The lowest BCUT2D eigenvalue weighted by Crippen LogP contribution is -2.47. The lowest BCUT2D eigenvalue weighted by Gasteiger charge is -2.29. The van der Waals surface area contributed by atoms with Crippen LogP contribution in [0.1, 0.15) is 37.8 Å². The topological polar surface area (TPSA) is 86.8 Å². The summed E-state index contributed by atoms with van der Waals surface area (Å²) in [5, 5.41) is 3.20. The molecule has 7 nitrogen and oxygen atoms in total. The fourth-order valence-electron chi connectivity index (χ4n) is 3.52. The summed E-state index contributed by atoms with van der Waals surface area (Å²) < 4.78 is 26.2. The Morgan fingerprint density at radius 3 is 2.39 bits per heavy atom. The van der Waals surface area contributed by atoms with Crippen molar-refractivity contribution in [2.45, 2.75) is 46.2 Å². The van der Waals surface area contributed by atoms with Gasteiger partial charge in [0.1, 0.15) is 6.04 Å². The molecule has 0 heterocycles. The predicted octanol–water partition coefficient (Wildman–Crippen LogP) is 3.75. The fraction of sp³-hybridized carbons (Fsp3) is 0.417. The molecule has 2 aromatic rings. The molecule has 33 heavy (non-hydrogen) atoms. The van der Waals surface area contributed by atoms with Crippen molar-refractivity contribution < 1.29 is 18.0 Å². The maximum absolute atomic E-state index is 13.1. The van der Waals surface area contributed by atoms with Crippen molar-refractivity contribution in [3.05, 3.63) is 64.7 Å². The molecule has 2 aromatic carbocycles. The average Bonchev–Trinajstić information content (AvgIpc) is 2.76. The number of carbonyl (C=O) groups is 2. The molecule has 0 spiro atoms. The van der Waals surface area contributed by atoms with Crippen LogP contribution in [0.4, 0.5) is 5.69 Å². The van der Waals surface area contributed by atoms with Crippen LogP contribution < -0.4 is 9.62 Å². The number of nitrogens with zero attached hydrogens (tertiary/aromatic N) is 2. The molecule has 0 fully saturated rings. The third kappa shape index (κ3) is 7.75. The molecule has 0 saturated carbocycles. The predicted molar refractivity (Wildman–Crippen MR) is 133 cm³/mol. The third-order valence-corrected chi connectivity index (χ3v) is 6.72. The van der Waals surface area contributed by atoms with E-state index in [2.05, 4.69) is 5.32 Å². The van der Waals surface area contributed by atoms with Crippen LogP contribution in [0, 0.1) is 6.92 Å². The molecule has 0 aromatic heterocycles. The molecule has 0 bridgehead atoms. The van der Waals surface area contributed by atoms with Crippen LogP contribution in [0.25, 0.3) is 0 Å². The molecular formula is C24H32ClN3O4S. The van der Waals surface area contributed by atoms with Gasteiger partial charge in [0.05, 0.1) is 11.9 Å². The molecule has 180 valence electrons. The summed E-state index contributed by atoms with van der Waals surface area (Å²) in [7, 11) is -3.58. The normalized spacial score (nSPS) is 12.2. The van der Waals surface area contributed by atoms with Gasteiger partial charge in [-0.15, -0.1) is 0 Å². The van der Waals surface area contributed by atoms with E-state index in [1.54, 1.807) is 25.1 Å². The zero-order chi connectivity index (χ0) is 24.6. The lowest BCUT2D eigenvalue weighted by atomic mass is 10.1. The van der Waals surface area contributed by atoms with Gasteiger partial charge >= 0.3 is 0 Å². The van der Waals surface area contributed by atoms with Gasteiger partial charge in [0.25, 0.3) is 0 Å². The third-order valence-electron chi connectivity index (χ3n) is 5.31. The second kappa shape index (κ2) is 12.0. The Labute approximate surface area is 201 Å². The number of likely N-dealkylation sites (N-methyl/N-ethyl adjacent to an activating group) is 1. The van der Waals surface area contributed by atoms with Crippen molar-refractivity contribution in [2.24, 2.45) is 0 Å². The Kier molecular flexibility index (Phi) is 9.73. The first-order valence-corrected chi connectivity index (χ1v) is 13.1. The number of hydrogen-bond donors (Lipinski definition) is 1. The number of halogens is 1. The Bertz CT molecular complexity index is 1060. The highest BCUT2D eigenvalue weighted by Crippen LogP contribution is 2.26. The number of benzene rings is 2. The van der Waals surface area contributed by atoms with E-state index in [4.69, 9.17) is 11.6 Å². The first-order chi connectivity index (χ1) is 15.5. The standard InChI is InChI=1S/C24H32ClN3O4S/c1-5-26-24(30)19(3)27(17-20-10-7-6-8-11-20)23(29)12-9-15-28(33(4,31)32)22-16-21(25)14-13-18(22)2/h6-8,10-11,13-14,16,19H,5,9,12,15,17H2,1-4H3,(H,26,30). The van der Waals surface area contributed by atoms with Crippen molar-refractivity contribution in [1.29, 1.82) is 0 Å². The zero-order valence-electron chi connectivity index (χ0n) is 19.5. The van der Waals surface area contributed by atoms with Crippen molar-refractivity contribution in [3.8, 4) is 0 Å². The van der Waals surface area contributed by atoms with Crippen LogP contribution in [-0.4, -0.2) is 50.5 Å². The molecule has 0 saturated heterocycles. The van der Waals surface area contributed by atoms with Gasteiger partial charge in [-0.25, -0.2) is 8.42 Å². The molecule has 1 atom stereocenters. The summed E-state index contributed by atoms with van der Waals surface area (Å²) in [5.41, 5.74) is 2.18. The van der Waals surface area contributed by atoms with Gasteiger partial charge in [0, 0.05) is 31.1 Å². The van der Waals surface area contributed by atoms with Crippen LogP contribution in [0.2, 0.25) is 5.02 Å². The number of rotatable bonds is 11. The summed E-state index contributed by atoms with van der Waals surface area (Å²) in [4.78, 5) is 27.1. The maximum atomic E-state index is 13.1. The average molecular weight is 494 g/mol. The molecule has 0 aliphatic rings. The van der Waals surface area contributed by atoms with Crippen LogP contribution in [-0.2, 0) is 26.2 Å². The van der Waals surface area contributed by atoms with Gasteiger partial charge in [0.15, 0.2) is 0 Å². The number of aryl methyl sites for hydroxylation is 1. The minimum absolute atomic E-state index is 0.0994. The van der Waals surface area contributed by atoms with Crippen molar-refractivity contribution in [3.63, 3.8) is 0 Å². The highest BCUT2D eigenvalue weighted by Gasteiger charge is 2.26. The highest BCUT2D eigenvalue weighted by atomic mass is 35.5. The summed E-state index contributed by atoms with van der Waals surface area (Å²) in [6.45, 7) is 6.22. The second-order valence-electron chi connectivity index (χ2n) is 7.95. The van der Waals surface area contributed by atoms with E-state index in [9.17, 15) is 18.0 Å². The second-order valence-corrected chi connectivity index (χ2v) is 10.3. The molecule has 2 amide bonds. The van der Waals surface area contributed by atoms with E-state index < -0.39 is 16.1 Å². The van der Waals surface area contributed by atoms with E-state index in [1.807, 2.05) is 44.2 Å². The van der Waals surface area contributed by atoms with E-state index in [-0.39, 0.29) is 24.8 Å². The van der Waals surface area contributed by atoms with Crippen LogP contribution in [0.5, 0.6) is 0 Å². The smallest absolute Gasteiger partial charge is 0.242 e. The number of hydrogen-bond acceptors (Lipinski definition) is 4. The quantitative estimate of drug-likeness (QED) is 0.516. The minimum atomic E-state index is -3.58. The van der Waals surface area contributed by atoms with Crippen LogP contribution in [0.3, 0.4) is 0 Å². The Hall–Kier alpha value is -2.58. The monoisotopic (exact) mass is 493 g/mol. The molecule has 0 aliphatic carbocycles. The minimum Gasteiger partial charge on any atom is -0.355 e. The summed E-state index contributed by atoms with van der Waals surface area (Å²) in [6.07, 6.45) is 1.53. The van der Waals surface area contributed by atoms with E-state index in [0.717, 1.165) is 17.4 Å². The summed E-state index contributed by atoms with van der Waals surface area (Å²) >= 11 is 6.08. The molecule has 2 rings (SSSR count). The molecule has 1 N–H and O–H groups in total. The van der Waals surface area contributed by atoms with Crippen molar-refractivity contribution in [1.82, 2.24) is 10.2 Å². The number of nitrogens with one attached hydrogen (secondary N) is 1. The lowest BCUT2D eigenvalue weighted by molar-refractivity contribution is -0.140. The number of anilines is 1. The van der Waals surface area contributed by atoms with Gasteiger partial charge in [-0.05, 0) is 50.5 Å². The molecule has 9 heteroatoms. The largest absolute Gasteiger partial charge is 0.355 e.